The van der Waals surface area contributed by atoms with Crippen molar-refractivity contribution in [2.45, 2.75) is 6.42 Å². The summed E-state index contributed by atoms with van der Waals surface area (Å²) in [5, 5.41) is 0.515. The number of halogens is 2. The highest BCUT2D eigenvalue weighted by Crippen LogP contribution is 2.26. The number of rotatable bonds is 5. The number of Topliss-reactive ketones (excluding diaryl/α,β-unsaturated/α-hetero) is 1. The Morgan fingerprint density at radius 2 is 1.89 bits per heavy atom. The van der Waals surface area contributed by atoms with Crippen LogP contribution in [0.25, 0.3) is 0 Å². The number of esters is 1. The van der Waals surface area contributed by atoms with E-state index in [9.17, 15) is 9.59 Å². The topological polar surface area (TPSA) is 69.4 Å². The SMILES string of the molecule is COC(=O)[C@H](CN)CC(=O)c1c(Cl)cccc1Cl. The average molecular weight is 290 g/mol. The second-order valence-electron chi connectivity index (χ2n) is 3.68. The van der Waals surface area contributed by atoms with Gasteiger partial charge in [0.2, 0.25) is 0 Å². The summed E-state index contributed by atoms with van der Waals surface area (Å²) in [5.41, 5.74) is 5.64. The fraction of sp³-hybridized carbons (Fsp3) is 0.333. The first-order valence-electron chi connectivity index (χ1n) is 5.26. The quantitative estimate of drug-likeness (QED) is 0.667. The number of nitrogens with two attached hydrogens (primary N) is 1. The smallest absolute Gasteiger partial charge is 0.310 e. The van der Waals surface area contributed by atoms with Crippen molar-refractivity contribution < 1.29 is 14.3 Å². The summed E-state index contributed by atoms with van der Waals surface area (Å²) in [6, 6.07) is 4.77. The van der Waals surface area contributed by atoms with Gasteiger partial charge in [-0.05, 0) is 12.1 Å². The van der Waals surface area contributed by atoms with Crippen LogP contribution >= 0.6 is 23.2 Å². The van der Waals surface area contributed by atoms with Crippen LogP contribution in [0.1, 0.15) is 16.8 Å². The minimum Gasteiger partial charge on any atom is -0.469 e. The maximum Gasteiger partial charge on any atom is 0.310 e. The largest absolute Gasteiger partial charge is 0.469 e. The van der Waals surface area contributed by atoms with Gasteiger partial charge in [0.25, 0.3) is 0 Å². The Labute approximate surface area is 115 Å². The molecule has 0 heterocycles. The lowest BCUT2D eigenvalue weighted by atomic mass is 9.98. The van der Waals surface area contributed by atoms with E-state index in [1.165, 1.54) is 7.11 Å². The molecule has 0 aromatic heterocycles. The molecule has 4 nitrogen and oxygen atoms in total. The Morgan fingerprint density at radius 1 is 1.33 bits per heavy atom. The molecule has 0 aliphatic carbocycles. The number of carbonyl (C=O) groups excluding carboxylic acids is 2. The Bertz CT molecular complexity index is 442. The molecule has 0 amide bonds. The van der Waals surface area contributed by atoms with Crippen LogP contribution in [0, 0.1) is 5.92 Å². The molecular formula is C12H13Cl2NO3. The van der Waals surface area contributed by atoms with Gasteiger partial charge in [-0.15, -0.1) is 0 Å². The summed E-state index contributed by atoms with van der Waals surface area (Å²) in [6.07, 6.45) is -0.0768. The van der Waals surface area contributed by atoms with Gasteiger partial charge < -0.3 is 10.5 Å². The molecule has 0 bridgehead atoms. The standard InChI is InChI=1S/C12H13Cl2NO3/c1-18-12(17)7(6-15)5-10(16)11-8(13)3-2-4-9(11)14/h2-4,7H,5-6,15H2,1H3/t7-/m0/s1. The van der Waals surface area contributed by atoms with Gasteiger partial charge >= 0.3 is 5.97 Å². The van der Waals surface area contributed by atoms with E-state index in [1.807, 2.05) is 0 Å². The first kappa shape index (κ1) is 15.0. The molecule has 2 N–H and O–H groups in total. The molecule has 98 valence electrons. The molecule has 0 aliphatic heterocycles. The van der Waals surface area contributed by atoms with E-state index < -0.39 is 11.9 Å². The number of hydrogen-bond acceptors (Lipinski definition) is 4. The molecule has 0 radical (unpaired) electrons. The zero-order valence-corrected chi connectivity index (χ0v) is 11.3. The van der Waals surface area contributed by atoms with Crippen LogP contribution in [0.3, 0.4) is 0 Å². The maximum atomic E-state index is 12.0. The highest BCUT2D eigenvalue weighted by Gasteiger charge is 2.24. The zero-order chi connectivity index (χ0) is 13.7. The Morgan fingerprint density at radius 3 is 2.33 bits per heavy atom. The molecule has 1 aromatic rings. The van der Waals surface area contributed by atoms with Crippen molar-refractivity contribution in [2.75, 3.05) is 13.7 Å². The van der Waals surface area contributed by atoms with Crippen molar-refractivity contribution in [1.29, 1.82) is 0 Å². The third-order valence-corrected chi connectivity index (χ3v) is 3.12. The van der Waals surface area contributed by atoms with E-state index >= 15 is 0 Å². The van der Waals surface area contributed by atoms with Crippen LogP contribution in [0.2, 0.25) is 10.0 Å². The van der Waals surface area contributed by atoms with E-state index in [0.717, 1.165) is 0 Å². The fourth-order valence-electron chi connectivity index (χ4n) is 1.52. The molecule has 0 spiro atoms. The van der Waals surface area contributed by atoms with Crippen LogP contribution in [-0.4, -0.2) is 25.4 Å². The predicted octanol–water partition coefficient (Wildman–Crippen LogP) is 2.31. The first-order chi connectivity index (χ1) is 8.51. The molecule has 6 heteroatoms. The number of ether oxygens (including phenoxy) is 1. The summed E-state index contributed by atoms with van der Waals surface area (Å²) in [6.45, 7) is 0.0283. The van der Waals surface area contributed by atoms with Gasteiger partial charge in [-0.1, -0.05) is 29.3 Å². The van der Waals surface area contributed by atoms with Crippen LogP contribution in [0.5, 0.6) is 0 Å². The van der Waals surface area contributed by atoms with E-state index in [1.54, 1.807) is 18.2 Å². The first-order valence-corrected chi connectivity index (χ1v) is 6.02. The molecule has 1 rings (SSSR count). The number of carbonyl (C=O) groups is 2. The Kier molecular flexibility index (Phi) is 5.59. The average Bonchev–Trinajstić information content (AvgIpc) is 2.34. The van der Waals surface area contributed by atoms with Crippen molar-refractivity contribution >= 4 is 35.0 Å². The molecule has 0 saturated heterocycles. The third-order valence-electron chi connectivity index (χ3n) is 2.49. The Hall–Kier alpha value is -1.10. The van der Waals surface area contributed by atoms with Crippen molar-refractivity contribution in [3.8, 4) is 0 Å². The molecule has 0 fully saturated rings. The molecule has 1 aromatic carbocycles. The number of methoxy groups -OCH3 is 1. The molecule has 0 aliphatic rings. The van der Waals surface area contributed by atoms with Gasteiger partial charge in [-0.2, -0.15) is 0 Å². The fourth-order valence-corrected chi connectivity index (χ4v) is 2.13. The third kappa shape index (κ3) is 3.45. The minimum absolute atomic E-state index is 0.0283. The summed E-state index contributed by atoms with van der Waals surface area (Å²) in [5.74, 6) is -1.53. The van der Waals surface area contributed by atoms with Crippen LogP contribution in [0.15, 0.2) is 18.2 Å². The van der Waals surface area contributed by atoms with Gasteiger partial charge in [-0.3, -0.25) is 9.59 Å². The van der Waals surface area contributed by atoms with Gasteiger partial charge in [0.15, 0.2) is 5.78 Å². The van der Waals surface area contributed by atoms with Crippen molar-refractivity contribution in [2.24, 2.45) is 11.7 Å². The zero-order valence-electron chi connectivity index (χ0n) is 9.78. The predicted molar refractivity (Wildman–Crippen MR) is 70.0 cm³/mol. The van der Waals surface area contributed by atoms with Crippen molar-refractivity contribution in [3.05, 3.63) is 33.8 Å². The maximum absolute atomic E-state index is 12.0. The number of hydrogen-bond donors (Lipinski definition) is 1. The van der Waals surface area contributed by atoms with Crippen molar-refractivity contribution in [3.63, 3.8) is 0 Å². The lowest BCUT2D eigenvalue weighted by Crippen LogP contribution is -2.27. The van der Waals surface area contributed by atoms with Gasteiger partial charge in [0.1, 0.15) is 0 Å². The van der Waals surface area contributed by atoms with Crippen molar-refractivity contribution in [1.82, 2.24) is 0 Å². The minimum atomic E-state index is -0.685. The monoisotopic (exact) mass is 289 g/mol. The van der Waals surface area contributed by atoms with E-state index in [0.29, 0.717) is 0 Å². The lowest BCUT2D eigenvalue weighted by Gasteiger charge is -2.12. The molecular weight excluding hydrogens is 277 g/mol. The Balaban J connectivity index is 2.91. The molecule has 0 saturated carbocycles. The van der Waals surface area contributed by atoms with Crippen LogP contribution in [-0.2, 0) is 9.53 Å². The van der Waals surface area contributed by atoms with Gasteiger partial charge in [0.05, 0.1) is 28.6 Å². The highest BCUT2D eigenvalue weighted by atomic mass is 35.5. The summed E-state index contributed by atoms with van der Waals surface area (Å²) in [7, 11) is 1.25. The summed E-state index contributed by atoms with van der Waals surface area (Å²) >= 11 is 11.8. The molecule has 1 atom stereocenters. The molecule has 0 unspecified atom stereocenters. The van der Waals surface area contributed by atoms with Gasteiger partial charge in [-0.25, -0.2) is 0 Å². The molecule has 18 heavy (non-hydrogen) atoms. The number of benzene rings is 1. The van der Waals surface area contributed by atoms with E-state index in [2.05, 4.69) is 4.74 Å². The lowest BCUT2D eigenvalue weighted by molar-refractivity contribution is -0.145. The summed E-state index contributed by atoms with van der Waals surface area (Å²) < 4.78 is 4.56. The van der Waals surface area contributed by atoms with Crippen LogP contribution in [0.4, 0.5) is 0 Å². The second-order valence-corrected chi connectivity index (χ2v) is 4.49. The number of ketones is 1. The second kappa shape index (κ2) is 6.73. The normalized spacial score (nSPS) is 12.0. The van der Waals surface area contributed by atoms with Gasteiger partial charge in [0, 0.05) is 13.0 Å². The van der Waals surface area contributed by atoms with Crippen LogP contribution < -0.4 is 5.73 Å². The summed E-state index contributed by atoms with van der Waals surface area (Å²) in [4.78, 5) is 23.4. The van der Waals surface area contributed by atoms with E-state index in [-0.39, 0.29) is 34.4 Å². The van der Waals surface area contributed by atoms with E-state index in [4.69, 9.17) is 28.9 Å². The highest BCUT2D eigenvalue weighted by molar-refractivity contribution is 6.39.